The Morgan fingerprint density at radius 1 is 1.47 bits per heavy atom. The van der Waals surface area contributed by atoms with Crippen molar-refractivity contribution in [2.24, 2.45) is 0 Å². The molecule has 3 unspecified atom stereocenters. The van der Waals surface area contributed by atoms with Crippen molar-refractivity contribution in [1.29, 1.82) is 0 Å². The van der Waals surface area contributed by atoms with Crippen LogP contribution in [-0.4, -0.2) is 11.1 Å². The number of phenols is 1. The van der Waals surface area contributed by atoms with Gasteiger partial charge in [0.1, 0.15) is 5.75 Å². The van der Waals surface area contributed by atoms with Crippen molar-refractivity contribution in [1.82, 2.24) is 5.32 Å². The monoisotopic (exact) mass is 257 g/mol. The van der Waals surface area contributed by atoms with Crippen LogP contribution in [0, 0.1) is 19.3 Å². The fourth-order valence-corrected chi connectivity index (χ4v) is 3.24. The highest BCUT2D eigenvalue weighted by Crippen LogP contribution is 2.46. The maximum Gasteiger partial charge on any atom is 0.120 e. The number of nitrogens with one attached hydrogen (secondary N) is 1. The quantitative estimate of drug-likeness (QED) is 0.807. The summed E-state index contributed by atoms with van der Waals surface area (Å²) in [5, 5.41) is 13.8. The van der Waals surface area contributed by atoms with Gasteiger partial charge in [-0.2, -0.15) is 0 Å². The van der Waals surface area contributed by atoms with E-state index in [9.17, 15) is 5.11 Å². The summed E-state index contributed by atoms with van der Waals surface area (Å²) >= 11 is 0. The Bertz CT molecular complexity index is 501. The summed E-state index contributed by atoms with van der Waals surface area (Å²) in [5.74, 6) is 3.63. The highest BCUT2D eigenvalue weighted by Gasteiger charge is 2.32. The molecule has 2 rings (SSSR count). The summed E-state index contributed by atoms with van der Waals surface area (Å²) in [5.41, 5.74) is 3.67. The standard InChI is InChI=1S/C17H23NO/c1-5-7-13(6-2)18-14-10-12(4)16-11(3)8-9-15(19)17(14)16/h1,8-9,12-14,18-19H,6-7,10H2,2-4H3. The van der Waals surface area contributed by atoms with Crippen LogP contribution >= 0.6 is 0 Å². The van der Waals surface area contributed by atoms with Gasteiger partial charge >= 0.3 is 0 Å². The number of aromatic hydroxyl groups is 1. The molecule has 2 heteroatoms. The first kappa shape index (κ1) is 14.0. The van der Waals surface area contributed by atoms with Gasteiger partial charge in [0.05, 0.1) is 0 Å². The van der Waals surface area contributed by atoms with Crippen LogP contribution in [0.5, 0.6) is 5.75 Å². The van der Waals surface area contributed by atoms with Gasteiger partial charge < -0.3 is 10.4 Å². The van der Waals surface area contributed by atoms with E-state index >= 15 is 0 Å². The maximum atomic E-state index is 10.2. The van der Waals surface area contributed by atoms with Crippen molar-refractivity contribution in [3.8, 4) is 18.1 Å². The number of aryl methyl sites for hydroxylation is 1. The minimum atomic E-state index is 0.225. The molecule has 2 nitrogen and oxygen atoms in total. The number of rotatable bonds is 4. The van der Waals surface area contributed by atoms with E-state index < -0.39 is 0 Å². The zero-order valence-electron chi connectivity index (χ0n) is 12.0. The fourth-order valence-electron chi connectivity index (χ4n) is 3.24. The molecule has 0 amide bonds. The molecule has 19 heavy (non-hydrogen) atoms. The van der Waals surface area contributed by atoms with Crippen LogP contribution in [-0.2, 0) is 0 Å². The summed E-state index contributed by atoms with van der Waals surface area (Å²) in [4.78, 5) is 0. The zero-order chi connectivity index (χ0) is 14.0. The van der Waals surface area contributed by atoms with Crippen molar-refractivity contribution >= 4 is 0 Å². The number of terminal acetylenes is 1. The van der Waals surface area contributed by atoms with Gasteiger partial charge in [0.25, 0.3) is 0 Å². The molecule has 1 aromatic carbocycles. The minimum Gasteiger partial charge on any atom is -0.508 e. The lowest BCUT2D eigenvalue weighted by atomic mass is 9.97. The molecule has 1 aliphatic carbocycles. The second kappa shape index (κ2) is 5.67. The molecule has 0 bridgehead atoms. The Kier molecular flexibility index (Phi) is 4.17. The topological polar surface area (TPSA) is 32.3 Å². The van der Waals surface area contributed by atoms with Crippen molar-refractivity contribution in [2.75, 3.05) is 0 Å². The Balaban J connectivity index is 2.29. The lowest BCUT2D eigenvalue weighted by Gasteiger charge is -2.22. The smallest absolute Gasteiger partial charge is 0.120 e. The van der Waals surface area contributed by atoms with E-state index in [0.717, 1.165) is 24.8 Å². The van der Waals surface area contributed by atoms with Crippen molar-refractivity contribution in [2.45, 2.75) is 58.0 Å². The Hall–Kier alpha value is -1.46. The summed E-state index contributed by atoms with van der Waals surface area (Å²) in [6, 6.07) is 4.37. The fraction of sp³-hybridized carbons (Fsp3) is 0.529. The van der Waals surface area contributed by atoms with E-state index in [1.54, 1.807) is 0 Å². The van der Waals surface area contributed by atoms with E-state index in [1.807, 2.05) is 12.1 Å². The van der Waals surface area contributed by atoms with Gasteiger partial charge in [0.2, 0.25) is 0 Å². The van der Waals surface area contributed by atoms with Gasteiger partial charge in [-0.15, -0.1) is 12.3 Å². The van der Waals surface area contributed by atoms with Crippen molar-refractivity contribution in [3.05, 3.63) is 28.8 Å². The van der Waals surface area contributed by atoms with Crippen LogP contribution in [0.25, 0.3) is 0 Å². The lowest BCUT2D eigenvalue weighted by molar-refractivity contribution is 0.401. The van der Waals surface area contributed by atoms with Crippen LogP contribution in [0.3, 0.4) is 0 Å². The third kappa shape index (κ3) is 2.62. The molecule has 0 aromatic heterocycles. The molecule has 3 atom stereocenters. The first-order valence-corrected chi connectivity index (χ1v) is 7.10. The second-order valence-corrected chi connectivity index (χ2v) is 5.60. The average molecular weight is 257 g/mol. The second-order valence-electron chi connectivity index (χ2n) is 5.60. The minimum absolute atomic E-state index is 0.225. The first-order valence-electron chi connectivity index (χ1n) is 7.10. The lowest BCUT2D eigenvalue weighted by Crippen LogP contribution is -2.31. The number of benzene rings is 1. The molecule has 0 spiro atoms. The van der Waals surface area contributed by atoms with Gasteiger partial charge in [0.15, 0.2) is 0 Å². The highest BCUT2D eigenvalue weighted by molar-refractivity contribution is 5.50. The van der Waals surface area contributed by atoms with Crippen LogP contribution < -0.4 is 5.32 Å². The van der Waals surface area contributed by atoms with Gasteiger partial charge in [-0.3, -0.25) is 0 Å². The molecule has 0 saturated carbocycles. The highest BCUT2D eigenvalue weighted by atomic mass is 16.3. The Morgan fingerprint density at radius 3 is 2.84 bits per heavy atom. The molecule has 0 fully saturated rings. The molecule has 0 aliphatic heterocycles. The molecule has 102 valence electrons. The number of hydrogen-bond acceptors (Lipinski definition) is 2. The van der Waals surface area contributed by atoms with Gasteiger partial charge in [-0.05, 0) is 42.9 Å². The molecular weight excluding hydrogens is 234 g/mol. The van der Waals surface area contributed by atoms with E-state index in [4.69, 9.17) is 6.42 Å². The molecule has 0 heterocycles. The summed E-state index contributed by atoms with van der Waals surface area (Å²) in [6.45, 7) is 6.50. The SMILES string of the molecule is C#CCC(CC)NC1CC(C)c2c(C)ccc(O)c21. The van der Waals surface area contributed by atoms with Crippen LogP contribution in [0.15, 0.2) is 12.1 Å². The predicted molar refractivity (Wildman–Crippen MR) is 79.3 cm³/mol. The Morgan fingerprint density at radius 2 is 2.21 bits per heavy atom. The molecule has 0 radical (unpaired) electrons. The van der Waals surface area contributed by atoms with Gasteiger partial charge in [-0.25, -0.2) is 0 Å². The number of phenolic OH excluding ortho intramolecular Hbond substituents is 1. The summed E-state index contributed by atoms with van der Waals surface area (Å²) < 4.78 is 0. The average Bonchev–Trinajstić information content (AvgIpc) is 2.71. The summed E-state index contributed by atoms with van der Waals surface area (Å²) in [6.07, 6.45) is 8.20. The normalized spacial score (nSPS) is 22.8. The maximum absolute atomic E-state index is 10.2. The third-order valence-corrected chi connectivity index (χ3v) is 4.21. The number of hydrogen-bond donors (Lipinski definition) is 2. The van der Waals surface area contributed by atoms with Crippen LogP contribution in [0.4, 0.5) is 0 Å². The van der Waals surface area contributed by atoms with Crippen LogP contribution in [0.1, 0.15) is 61.8 Å². The zero-order valence-corrected chi connectivity index (χ0v) is 12.0. The van der Waals surface area contributed by atoms with Crippen LogP contribution in [0.2, 0.25) is 0 Å². The molecule has 1 aliphatic rings. The molecular formula is C17H23NO. The summed E-state index contributed by atoms with van der Waals surface area (Å²) in [7, 11) is 0. The number of fused-ring (bicyclic) bond motifs is 1. The van der Waals surface area contributed by atoms with Crippen molar-refractivity contribution < 1.29 is 5.11 Å². The third-order valence-electron chi connectivity index (χ3n) is 4.21. The van der Waals surface area contributed by atoms with Gasteiger partial charge in [0, 0.05) is 24.1 Å². The van der Waals surface area contributed by atoms with E-state index in [2.05, 4.69) is 32.0 Å². The molecule has 2 N–H and O–H groups in total. The van der Waals surface area contributed by atoms with Gasteiger partial charge in [-0.1, -0.05) is 19.9 Å². The predicted octanol–water partition coefficient (Wildman–Crippen LogP) is 3.64. The molecule has 0 saturated heterocycles. The van der Waals surface area contributed by atoms with E-state index in [-0.39, 0.29) is 6.04 Å². The van der Waals surface area contributed by atoms with E-state index in [1.165, 1.54) is 11.1 Å². The largest absolute Gasteiger partial charge is 0.508 e. The molecule has 1 aromatic rings. The van der Waals surface area contributed by atoms with Crippen molar-refractivity contribution in [3.63, 3.8) is 0 Å². The Labute approximate surface area is 116 Å². The first-order chi connectivity index (χ1) is 9.08. The van der Waals surface area contributed by atoms with E-state index in [0.29, 0.717) is 17.7 Å².